The molecule has 0 bridgehead atoms. The van der Waals surface area contributed by atoms with Crippen molar-refractivity contribution in [3.8, 4) is 6.01 Å². The first kappa shape index (κ1) is 13.3. The maximum absolute atomic E-state index is 5.90. The number of hydrogen-bond donors (Lipinski definition) is 1. The van der Waals surface area contributed by atoms with Crippen LogP contribution in [0.2, 0.25) is 5.28 Å². The van der Waals surface area contributed by atoms with Gasteiger partial charge in [-0.1, -0.05) is 0 Å². The second-order valence-corrected chi connectivity index (χ2v) is 4.91. The third kappa shape index (κ3) is 3.00. The first-order chi connectivity index (χ1) is 8.60. The van der Waals surface area contributed by atoms with Crippen molar-refractivity contribution in [2.45, 2.75) is 37.8 Å². The van der Waals surface area contributed by atoms with Crippen molar-refractivity contribution < 1.29 is 4.74 Å². The Morgan fingerprint density at radius 1 is 1.22 bits per heavy atom. The summed E-state index contributed by atoms with van der Waals surface area (Å²) in [6.07, 6.45) is 4.16. The van der Waals surface area contributed by atoms with Gasteiger partial charge in [-0.15, -0.1) is 0 Å². The number of methoxy groups -OCH3 is 1. The lowest BCUT2D eigenvalue weighted by Gasteiger charge is -2.33. The topological polar surface area (TPSA) is 77.2 Å². The van der Waals surface area contributed by atoms with Crippen LogP contribution < -0.4 is 15.4 Å². The van der Waals surface area contributed by atoms with Crippen LogP contribution in [0.15, 0.2) is 0 Å². The van der Waals surface area contributed by atoms with Crippen molar-refractivity contribution in [3.05, 3.63) is 5.28 Å². The van der Waals surface area contributed by atoms with E-state index in [1.54, 1.807) is 0 Å². The maximum Gasteiger partial charge on any atom is 0.322 e. The molecule has 1 aliphatic rings. The zero-order chi connectivity index (χ0) is 13.1. The Morgan fingerprint density at radius 2 is 1.89 bits per heavy atom. The molecule has 0 spiro atoms. The van der Waals surface area contributed by atoms with Gasteiger partial charge in [-0.2, -0.15) is 15.0 Å². The van der Waals surface area contributed by atoms with Crippen molar-refractivity contribution in [2.24, 2.45) is 5.73 Å². The second kappa shape index (κ2) is 5.67. The third-order valence-electron chi connectivity index (χ3n) is 3.36. The molecule has 0 amide bonds. The van der Waals surface area contributed by atoms with Gasteiger partial charge in [0.2, 0.25) is 11.2 Å². The molecular formula is C11H18ClN5O. The summed E-state index contributed by atoms with van der Waals surface area (Å²) in [5, 5.41) is 0.149. The molecule has 0 radical (unpaired) electrons. The molecule has 0 saturated heterocycles. The van der Waals surface area contributed by atoms with E-state index in [0.717, 1.165) is 25.7 Å². The van der Waals surface area contributed by atoms with Crippen molar-refractivity contribution in [1.29, 1.82) is 0 Å². The highest BCUT2D eigenvalue weighted by Crippen LogP contribution is 2.24. The van der Waals surface area contributed by atoms with E-state index < -0.39 is 0 Å². The molecule has 0 atom stereocenters. The standard InChI is InChI=1S/C11H18ClN5O/c1-17(8-5-3-7(13)4-6-8)10-14-9(12)15-11(16-10)18-2/h7-8H,3-6,13H2,1-2H3. The minimum atomic E-state index is 0.149. The summed E-state index contributed by atoms with van der Waals surface area (Å²) >= 11 is 5.85. The van der Waals surface area contributed by atoms with E-state index in [1.165, 1.54) is 7.11 Å². The third-order valence-corrected chi connectivity index (χ3v) is 3.53. The average Bonchev–Trinajstić information content (AvgIpc) is 2.38. The molecule has 1 saturated carbocycles. The number of hydrogen-bond acceptors (Lipinski definition) is 6. The summed E-state index contributed by atoms with van der Waals surface area (Å²) < 4.78 is 5.00. The molecule has 18 heavy (non-hydrogen) atoms. The van der Waals surface area contributed by atoms with E-state index in [0.29, 0.717) is 18.0 Å². The fraction of sp³-hybridized carbons (Fsp3) is 0.727. The van der Waals surface area contributed by atoms with Crippen molar-refractivity contribution in [1.82, 2.24) is 15.0 Å². The van der Waals surface area contributed by atoms with Crippen molar-refractivity contribution >= 4 is 17.5 Å². The van der Waals surface area contributed by atoms with Crippen LogP contribution in [0.4, 0.5) is 5.95 Å². The Labute approximate surface area is 112 Å². The molecule has 2 rings (SSSR count). The van der Waals surface area contributed by atoms with Gasteiger partial charge in [-0.25, -0.2) is 0 Å². The Kier molecular flexibility index (Phi) is 4.19. The number of anilines is 1. The molecule has 1 aromatic heterocycles. The molecule has 1 aliphatic carbocycles. The lowest BCUT2D eigenvalue weighted by atomic mass is 9.91. The first-order valence-electron chi connectivity index (χ1n) is 6.04. The molecular weight excluding hydrogens is 254 g/mol. The second-order valence-electron chi connectivity index (χ2n) is 4.57. The van der Waals surface area contributed by atoms with E-state index in [1.807, 2.05) is 11.9 Å². The number of rotatable bonds is 3. The van der Waals surface area contributed by atoms with Gasteiger partial charge in [0, 0.05) is 19.1 Å². The molecule has 1 fully saturated rings. The molecule has 0 aromatic carbocycles. The predicted molar refractivity (Wildman–Crippen MR) is 70.0 cm³/mol. The number of aromatic nitrogens is 3. The Hall–Kier alpha value is -1.14. The van der Waals surface area contributed by atoms with E-state index in [2.05, 4.69) is 15.0 Å². The Morgan fingerprint density at radius 3 is 2.50 bits per heavy atom. The van der Waals surface area contributed by atoms with Crippen LogP contribution >= 0.6 is 11.6 Å². The van der Waals surface area contributed by atoms with Gasteiger partial charge in [0.05, 0.1) is 7.11 Å². The molecule has 1 heterocycles. The minimum absolute atomic E-state index is 0.149. The highest BCUT2D eigenvalue weighted by molar-refractivity contribution is 6.28. The minimum Gasteiger partial charge on any atom is -0.467 e. The summed E-state index contributed by atoms with van der Waals surface area (Å²) in [7, 11) is 3.47. The van der Waals surface area contributed by atoms with E-state index in [4.69, 9.17) is 22.1 Å². The van der Waals surface area contributed by atoms with Gasteiger partial charge >= 0.3 is 6.01 Å². The van der Waals surface area contributed by atoms with Crippen LogP contribution in [0.5, 0.6) is 6.01 Å². The Bertz CT molecular complexity index is 408. The summed E-state index contributed by atoms with van der Waals surface area (Å²) in [6.45, 7) is 0. The van der Waals surface area contributed by atoms with Gasteiger partial charge in [0.25, 0.3) is 0 Å². The predicted octanol–water partition coefficient (Wildman–Crippen LogP) is 1.24. The molecule has 1 aromatic rings. The van der Waals surface area contributed by atoms with Crippen molar-refractivity contribution in [2.75, 3.05) is 19.1 Å². The quantitative estimate of drug-likeness (QED) is 0.891. The molecule has 0 unspecified atom stereocenters. The van der Waals surface area contributed by atoms with Crippen LogP contribution in [-0.4, -0.2) is 41.2 Å². The maximum atomic E-state index is 5.90. The van der Waals surface area contributed by atoms with Crippen LogP contribution in [0.1, 0.15) is 25.7 Å². The molecule has 0 aliphatic heterocycles. The lowest BCUT2D eigenvalue weighted by Crippen LogP contribution is -2.39. The van der Waals surface area contributed by atoms with Gasteiger partial charge in [0.15, 0.2) is 0 Å². The molecule has 2 N–H and O–H groups in total. The molecule has 7 heteroatoms. The summed E-state index contributed by atoms with van der Waals surface area (Å²) in [6, 6.07) is 0.962. The number of ether oxygens (including phenoxy) is 1. The highest BCUT2D eigenvalue weighted by Gasteiger charge is 2.24. The monoisotopic (exact) mass is 271 g/mol. The lowest BCUT2D eigenvalue weighted by molar-refractivity contribution is 0.368. The SMILES string of the molecule is COc1nc(Cl)nc(N(C)C2CCC(N)CC2)n1. The normalized spacial score (nSPS) is 23.8. The average molecular weight is 272 g/mol. The number of nitrogens with two attached hydrogens (primary N) is 1. The summed E-state index contributed by atoms with van der Waals surface area (Å²) in [5.74, 6) is 0.548. The van der Waals surface area contributed by atoms with E-state index in [-0.39, 0.29) is 11.3 Å². The van der Waals surface area contributed by atoms with Crippen molar-refractivity contribution in [3.63, 3.8) is 0 Å². The highest BCUT2D eigenvalue weighted by atomic mass is 35.5. The van der Waals surface area contributed by atoms with Crippen LogP contribution in [0.3, 0.4) is 0 Å². The zero-order valence-corrected chi connectivity index (χ0v) is 11.4. The van der Waals surface area contributed by atoms with E-state index in [9.17, 15) is 0 Å². The van der Waals surface area contributed by atoms with E-state index >= 15 is 0 Å². The van der Waals surface area contributed by atoms with Gasteiger partial charge in [0.1, 0.15) is 0 Å². The smallest absolute Gasteiger partial charge is 0.322 e. The largest absolute Gasteiger partial charge is 0.467 e. The van der Waals surface area contributed by atoms with Crippen LogP contribution in [-0.2, 0) is 0 Å². The fourth-order valence-corrected chi connectivity index (χ4v) is 2.37. The molecule has 6 nitrogen and oxygen atoms in total. The van der Waals surface area contributed by atoms with Crippen LogP contribution in [0, 0.1) is 0 Å². The van der Waals surface area contributed by atoms with Crippen LogP contribution in [0.25, 0.3) is 0 Å². The van der Waals surface area contributed by atoms with Gasteiger partial charge in [-0.05, 0) is 37.3 Å². The number of nitrogens with zero attached hydrogens (tertiary/aromatic N) is 4. The van der Waals surface area contributed by atoms with Gasteiger partial charge in [-0.3, -0.25) is 0 Å². The first-order valence-corrected chi connectivity index (χ1v) is 6.42. The molecule has 100 valence electrons. The zero-order valence-electron chi connectivity index (χ0n) is 10.6. The Balaban J connectivity index is 2.12. The number of halogens is 1. The fourth-order valence-electron chi connectivity index (χ4n) is 2.22. The summed E-state index contributed by atoms with van der Waals surface area (Å²) in [4.78, 5) is 14.2. The summed E-state index contributed by atoms with van der Waals surface area (Å²) in [5.41, 5.74) is 5.90. The van der Waals surface area contributed by atoms with Gasteiger partial charge < -0.3 is 15.4 Å².